The minimum absolute atomic E-state index is 0. The summed E-state index contributed by atoms with van der Waals surface area (Å²) < 4.78 is 0. The zero-order valence-corrected chi connectivity index (χ0v) is 15.8. The van der Waals surface area contributed by atoms with Crippen molar-refractivity contribution in [1.82, 2.24) is 19.6 Å². The zero-order chi connectivity index (χ0) is 17.4. The van der Waals surface area contributed by atoms with Crippen LogP contribution in [0.2, 0.25) is 0 Å². The van der Waals surface area contributed by atoms with Crippen molar-refractivity contribution >= 4 is 11.9 Å². The van der Waals surface area contributed by atoms with E-state index in [-0.39, 0.29) is 29.9 Å². The van der Waals surface area contributed by atoms with E-state index in [1.807, 2.05) is 9.80 Å². The third-order valence-corrected chi connectivity index (χ3v) is 4.81. The summed E-state index contributed by atoms with van der Waals surface area (Å²) >= 11 is 0. The van der Waals surface area contributed by atoms with Crippen molar-refractivity contribution in [2.45, 2.75) is 12.8 Å². The van der Waals surface area contributed by atoms with Gasteiger partial charge in [-0.15, -0.1) is 0 Å². The van der Waals surface area contributed by atoms with Crippen LogP contribution in [0.15, 0.2) is 0 Å². The van der Waals surface area contributed by atoms with Crippen LogP contribution in [0, 0.1) is 0 Å². The van der Waals surface area contributed by atoms with Crippen LogP contribution in [-0.4, -0.2) is 120 Å². The fourth-order valence-electron chi connectivity index (χ4n) is 3.48. The summed E-state index contributed by atoms with van der Waals surface area (Å²) in [7, 11) is 0. The fourth-order valence-corrected chi connectivity index (χ4v) is 3.48. The van der Waals surface area contributed by atoms with Crippen molar-refractivity contribution in [2.75, 3.05) is 78.5 Å². The van der Waals surface area contributed by atoms with E-state index in [4.69, 9.17) is 10.2 Å². The van der Waals surface area contributed by atoms with Gasteiger partial charge in [0.15, 0.2) is 0 Å². The second-order valence-corrected chi connectivity index (χ2v) is 6.73. The Morgan fingerprint density at radius 2 is 0.960 bits per heavy atom. The van der Waals surface area contributed by atoms with E-state index in [9.17, 15) is 9.59 Å². The van der Waals surface area contributed by atoms with Crippen LogP contribution in [0.5, 0.6) is 0 Å². The number of hydrogen-bond acceptors (Lipinski definition) is 6. The molecule has 0 spiro atoms. The normalized spacial score (nSPS) is 27.2. The van der Waals surface area contributed by atoms with Crippen LogP contribution >= 0.6 is 0 Å². The van der Waals surface area contributed by atoms with Crippen LogP contribution < -0.4 is 0 Å². The van der Waals surface area contributed by atoms with E-state index >= 15 is 0 Å². The van der Waals surface area contributed by atoms with Gasteiger partial charge < -0.3 is 20.0 Å². The Morgan fingerprint density at radius 1 is 0.600 bits per heavy atom. The van der Waals surface area contributed by atoms with Gasteiger partial charge in [-0.1, -0.05) is 0 Å². The average molecular weight is 401 g/mol. The number of hydrogen-bond donors (Lipinski definition) is 2. The number of nitrogens with zero attached hydrogens (tertiary/aromatic N) is 4. The molecular weight excluding hydrogens is 371 g/mol. The van der Waals surface area contributed by atoms with Gasteiger partial charge in [0.05, 0.1) is 13.1 Å². The predicted molar refractivity (Wildman–Crippen MR) is 90.3 cm³/mol. The second-order valence-electron chi connectivity index (χ2n) is 6.73. The first-order valence-corrected chi connectivity index (χ1v) is 8.86. The maximum absolute atomic E-state index is 11.0. The average Bonchev–Trinajstić information content (AvgIpc) is 2.51. The number of carbonyl (C=O) groups is 2. The molecule has 2 heterocycles. The van der Waals surface area contributed by atoms with Crippen molar-refractivity contribution < 1.29 is 36.6 Å². The quantitative estimate of drug-likeness (QED) is 0.631. The van der Waals surface area contributed by atoms with E-state index in [0.29, 0.717) is 0 Å². The molecule has 8 nitrogen and oxygen atoms in total. The Balaban J connectivity index is 0.00000312. The summed E-state index contributed by atoms with van der Waals surface area (Å²) in [6, 6.07) is 0. The van der Waals surface area contributed by atoms with Gasteiger partial charge in [-0.2, -0.15) is 0 Å². The van der Waals surface area contributed by atoms with E-state index in [0.717, 1.165) is 78.3 Å². The van der Waals surface area contributed by atoms with E-state index in [2.05, 4.69) is 9.80 Å². The van der Waals surface area contributed by atoms with Crippen molar-refractivity contribution in [2.24, 2.45) is 0 Å². The second kappa shape index (κ2) is 11.8. The van der Waals surface area contributed by atoms with Crippen molar-refractivity contribution in [3.63, 3.8) is 0 Å². The Bertz CT molecular complexity index is 389. The van der Waals surface area contributed by atoms with Gasteiger partial charge in [-0.25, -0.2) is 0 Å². The third-order valence-electron chi connectivity index (χ3n) is 4.81. The Kier molecular flexibility index (Phi) is 10.6. The Labute approximate surface area is 159 Å². The molecule has 0 aliphatic carbocycles. The molecule has 2 aliphatic heterocycles. The summed E-state index contributed by atoms with van der Waals surface area (Å²) in [5.74, 6) is -1.53. The largest absolute Gasteiger partial charge is 0.480 e. The van der Waals surface area contributed by atoms with Crippen molar-refractivity contribution in [3.8, 4) is 0 Å². The van der Waals surface area contributed by atoms with Crippen LogP contribution in [0.1, 0.15) is 12.8 Å². The molecule has 2 bridgehead atoms. The molecular formula is C16H30CoN4O4. The van der Waals surface area contributed by atoms with Gasteiger partial charge in [0.1, 0.15) is 0 Å². The van der Waals surface area contributed by atoms with E-state index in [1.54, 1.807) is 0 Å². The van der Waals surface area contributed by atoms with Gasteiger partial charge in [-0.05, 0) is 25.9 Å². The summed E-state index contributed by atoms with van der Waals surface area (Å²) in [6.45, 7) is 9.01. The number of fused-ring (bicyclic) bond motifs is 3. The molecule has 147 valence electrons. The summed E-state index contributed by atoms with van der Waals surface area (Å²) in [5, 5.41) is 18.1. The molecule has 0 aromatic heterocycles. The molecule has 0 saturated carbocycles. The first kappa shape index (κ1) is 22.3. The number of rotatable bonds is 4. The molecule has 1 radical (unpaired) electrons. The molecule has 2 rings (SSSR count). The van der Waals surface area contributed by atoms with Crippen LogP contribution in [0.4, 0.5) is 0 Å². The fraction of sp³-hybridized carbons (Fsp3) is 0.875. The molecule has 2 saturated heterocycles. The standard InChI is InChI=1S/C16H30N4O4.Co/c21-15(22)13-19-5-1-3-17-7-8-18(10-11-19)4-2-6-20(12-9-17)14-16(23)24;/h1-14H2,(H,21,22)(H,23,24);. The van der Waals surface area contributed by atoms with Crippen molar-refractivity contribution in [1.29, 1.82) is 0 Å². The predicted octanol–water partition coefficient (Wildman–Crippen LogP) is -0.831. The summed E-state index contributed by atoms with van der Waals surface area (Å²) in [4.78, 5) is 30.8. The zero-order valence-electron chi connectivity index (χ0n) is 14.7. The van der Waals surface area contributed by atoms with Gasteiger partial charge in [0.25, 0.3) is 0 Å². The maximum Gasteiger partial charge on any atom is 0.317 e. The number of carboxylic acid groups (broad SMARTS) is 2. The maximum atomic E-state index is 11.0. The summed E-state index contributed by atoms with van der Waals surface area (Å²) in [6.07, 6.45) is 1.90. The molecule has 2 fully saturated rings. The molecule has 2 atom stereocenters. The number of carboxylic acids is 2. The monoisotopic (exact) mass is 401 g/mol. The van der Waals surface area contributed by atoms with Crippen LogP contribution in [-0.2, 0) is 26.4 Å². The van der Waals surface area contributed by atoms with Gasteiger partial charge in [0.2, 0.25) is 0 Å². The molecule has 2 unspecified atom stereocenters. The molecule has 25 heavy (non-hydrogen) atoms. The van der Waals surface area contributed by atoms with Gasteiger partial charge in [0, 0.05) is 69.1 Å². The van der Waals surface area contributed by atoms with Crippen molar-refractivity contribution in [3.05, 3.63) is 0 Å². The van der Waals surface area contributed by atoms with Gasteiger partial charge in [-0.3, -0.25) is 19.4 Å². The Morgan fingerprint density at radius 3 is 1.32 bits per heavy atom. The molecule has 9 heteroatoms. The van der Waals surface area contributed by atoms with Gasteiger partial charge >= 0.3 is 11.9 Å². The molecule has 0 aromatic rings. The first-order chi connectivity index (χ1) is 11.5. The first-order valence-electron chi connectivity index (χ1n) is 8.86. The topological polar surface area (TPSA) is 87.6 Å². The smallest absolute Gasteiger partial charge is 0.317 e. The minimum Gasteiger partial charge on any atom is -0.480 e. The van der Waals surface area contributed by atoms with E-state index in [1.165, 1.54) is 0 Å². The summed E-state index contributed by atoms with van der Waals surface area (Å²) in [5.41, 5.74) is 0. The third kappa shape index (κ3) is 8.98. The van der Waals surface area contributed by atoms with Crippen LogP contribution in [0.25, 0.3) is 0 Å². The molecule has 0 amide bonds. The Hall–Kier alpha value is -0.714. The molecule has 2 N–H and O–H groups in total. The molecule has 2 aliphatic rings. The SMILES string of the molecule is O=C(O)CN1CCCN2CCN(CCCN(CC(=O)O)CC2)CC1.[Co]. The number of aliphatic carboxylic acids is 2. The van der Waals surface area contributed by atoms with E-state index < -0.39 is 11.9 Å². The minimum atomic E-state index is -0.763. The van der Waals surface area contributed by atoms with Crippen LogP contribution in [0.3, 0.4) is 0 Å². The molecule has 0 aromatic carbocycles.